The van der Waals surface area contributed by atoms with Gasteiger partial charge in [0.15, 0.2) is 0 Å². The Morgan fingerprint density at radius 2 is 2.04 bits per heavy atom. The van der Waals surface area contributed by atoms with Crippen LogP contribution in [0.3, 0.4) is 0 Å². The van der Waals surface area contributed by atoms with Crippen LogP contribution < -0.4 is 0 Å². The van der Waals surface area contributed by atoms with Crippen LogP contribution in [0, 0.1) is 0 Å². The second-order valence-corrected chi connectivity index (χ2v) is 7.82. The first kappa shape index (κ1) is 16.6. The number of carboxylic acids is 1. The lowest BCUT2D eigenvalue weighted by Gasteiger charge is -2.17. The van der Waals surface area contributed by atoms with Crippen LogP contribution >= 0.6 is 0 Å². The summed E-state index contributed by atoms with van der Waals surface area (Å²) in [6.45, 7) is 0.848. The van der Waals surface area contributed by atoms with E-state index < -0.39 is 16.0 Å². The molecule has 2 aromatic rings. The van der Waals surface area contributed by atoms with E-state index in [0.29, 0.717) is 18.7 Å². The van der Waals surface area contributed by atoms with Crippen LogP contribution in [-0.4, -0.2) is 41.9 Å². The monoisotopic (exact) mass is 346 g/mol. The zero-order valence-corrected chi connectivity index (χ0v) is 13.8. The molecule has 1 unspecified atom stereocenters. The van der Waals surface area contributed by atoms with Crippen LogP contribution in [-0.2, 0) is 15.8 Å². The minimum Gasteiger partial charge on any atom is -0.478 e. The van der Waals surface area contributed by atoms with Gasteiger partial charge in [-0.3, -0.25) is 4.98 Å². The zero-order valence-electron chi connectivity index (χ0n) is 13.0. The van der Waals surface area contributed by atoms with Gasteiger partial charge in [-0.05, 0) is 29.7 Å². The van der Waals surface area contributed by atoms with Gasteiger partial charge in [0.05, 0.1) is 11.3 Å². The van der Waals surface area contributed by atoms with Crippen molar-refractivity contribution in [3.8, 4) is 0 Å². The standard InChI is InChI=1S/C17H18N2O4S/c20-17(21)16-6-2-1-4-15(16)12-24(22,23)19-9-7-14(11-19)13-5-3-8-18-10-13/h1-6,8,10,14H,7,9,11-12H2,(H,20,21). The Morgan fingerprint density at radius 3 is 2.75 bits per heavy atom. The Labute approximate surface area is 140 Å². The molecule has 0 bridgehead atoms. The van der Waals surface area contributed by atoms with Crippen molar-refractivity contribution in [3.63, 3.8) is 0 Å². The molecule has 1 atom stereocenters. The van der Waals surface area contributed by atoms with Gasteiger partial charge in [0.2, 0.25) is 10.0 Å². The van der Waals surface area contributed by atoms with E-state index in [1.54, 1.807) is 30.6 Å². The molecule has 0 radical (unpaired) electrons. The highest BCUT2D eigenvalue weighted by atomic mass is 32.2. The Bertz CT molecular complexity index is 837. The number of hydrogen-bond donors (Lipinski definition) is 1. The fourth-order valence-electron chi connectivity index (χ4n) is 3.01. The van der Waals surface area contributed by atoms with E-state index in [1.165, 1.54) is 10.4 Å². The molecule has 1 aliphatic rings. The fraction of sp³-hybridized carbons (Fsp3) is 0.294. The predicted octanol–water partition coefficient (Wildman–Crippen LogP) is 2.10. The van der Waals surface area contributed by atoms with Crippen molar-refractivity contribution in [1.29, 1.82) is 0 Å². The van der Waals surface area contributed by atoms with E-state index in [9.17, 15) is 18.3 Å². The molecule has 0 amide bonds. The predicted molar refractivity (Wildman–Crippen MR) is 89.2 cm³/mol. The lowest BCUT2D eigenvalue weighted by Crippen LogP contribution is -2.30. The first-order chi connectivity index (χ1) is 11.5. The van der Waals surface area contributed by atoms with Crippen molar-refractivity contribution in [2.45, 2.75) is 18.1 Å². The largest absolute Gasteiger partial charge is 0.478 e. The van der Waals surface area contributed by atoms with Crippen molar-refractivity contribution >= 4 is 16.0 Å². The molecule has 1 aromatic carbocycles. The maximum absolute atomic E-state index is 12.7. The number of aromatic carboxylic acids is 1. The number of carboxylic acid groups (broad SMARTS) is 1. The number of sulfonamides is 1. The molecule has 126 valence electrons. The van der Waals surface area contributed by atoms with Gasteiger partial charge in [0.25, 0.3) is 0 Å². The fourth-order valence-corrected chi connectivity index (χ4v) is 4.63. The number of hydrogen-bond acceptors (Lipinski definition) is 4. The van der Waals surface area contributed by atoms with Gasteiger partial charge in [-0.1, -0.05) is 24.3 Å². The minimum absolute atomic E-state index is 0.0316. The molecule has 24 heavy (non-hydrogen) atoms. The van der Waals surface area contributed by atoms with Gasteiger partial charge in [-0.25, -0.2) is 17.5 Å². The average molecular weight is 346 g/mol. The van der Waals surface area contributed by atoms with Gasteiger partial charge >= 0.3 is 5.97 Å². The molecule has 2 heterocycles. The van der Waals surface area contributed by atoms with E-state index in [4.69, 9.17) is 0 Å². The Hall–Kier alpha value is -2.25. The Kier molecular flexibility index (Phi) is 4.64. The molecule has 3 rings (SSSR count). The second-order valence-electron chi connectivity index (χ2n) is 5.85. The quantitative estimate of drug-likeness (QED) is 0.896. The maximum Gasteiger partial charge on any atom is 0.335 e. The third-order valence-electron chi connectivity index (χ3n) is 4.29. The van der Waals surface area contributed by atoms with Crippen molar-refractivity contribution in [2.75, 3.05) is 13.1 Å². The van der Waals surface area contributed by atoms with E-state index in [-0.39, 0.29) is 17.2 Å². The SMILES string of the molecule is O=C(O)c1ccccc1CS(=O)(=O)N1CCC(c2cccnc2)C1. The first-order valence-corrected chi connectivity index (χ1v) is 9.27. The van der Waals surface area contributed by atoms with E-state index in [1.807, 2.05) is 12.1 Å². The highest BCUT2D eigenvalue weighted by Crippen LogP contribution is 2.29. The molecule has 0 spiro atoms. The molecule has 0 aliphatic carbocycles. The summed E-state index contributed by atoms with van der Waals surface area (Å²) in [7, 11) is -3.56. The van der Waals surface area contributed by atoms with Crippen molar-refractivity contribution in [3.05, 3.63) is 65.5 Å². The topological polar surface area (TPSA) is 87.6 Å². The van der Waals surface area contributed by atoms with Crippen LogP contribution in [0.25, 0.3) is 0 Å². The van der Waals surface area contributed by atoms with Gasteiger partial charge in [-0.15, -0.1) is 0 Å². The normalized spacial score (nSPS) is 18.6. The number of carbonyl (C=O) groups is 1. The van der Waals surface area contributed by atoms with E-state index in [0.717, 1.165) is 12.0 Å². The van der Waals surface area contributed by atoms with Crippen LogP contribution in [0.5, 0.6) is 0 Å². The molecule has 1 aromatic heterocycles. The smallest absolute Gasteiger partial charge is 0.335 e. The summed E-state index contributed by atoms with van der Waals surface area (Å²) in [6.07, 6.45) is 4.20. The lowest BCUT2D eigenvalue weighted by molar-refractivity contribution is 0.0696. The third-order valence-corrected chi connectivity index (χ3v) is 6.08. The lowest BCUT2D eigenvalue weighted by atomic mass is 10.0. The number of benzene rings is 1. The molecule has 1 N–H and O–H groups in total. The number of pyridine rings is 1. The molecule has 0 saturated carbocycles. The molecule has 1 saturated heterocycles. The zero-order chi connectivity index (χ0) is 17.2. The molecular formula is C17H18N2O4S. The van der Waals surface area contributed by atoms with Crippen molar-refractivity contribution < 1.29 is 18.3 Å². The molecule has 1 aliphatic heterocycles. The van der Waals surface area contributed by atoms with Gasteiger partial charge in [-0.2, -0.15) is 0 Å². The molecular weight excluding hydrogens is 328 g/mol. The van der Waals surface area contributed by atoms with Crippen LogP contribution in [0.2, 0.25) is 0 Å². The minimum atomic E-state index is -3.56. The van der Waals surface area contributed by atoms with Crippen LogP contribution in [0.4, 0.5) is 0 Å². The highest BCUT2D eigenvalue weighted by molar-refractivity contribution is 7.88. The summed E-state index contributed by atoms with van der Waals surface area (Å²) in [5, 5.41) is 9.20. The third kappa shape index (κ3) is 3.47. The molecule has 6 nitrogen and oxygen atoms in total. The molecule has 1 fully saturated rings. The van der Waals surface area contributed by atoms with E-state index in [2.05, 4.69) is 4.98 Å². The summed E-state index contributed by atoms with van der Waals surface area (Å²) in [5.41, 5.74) is 1.38. The van der Waals surface area contributed by atoms with Gasteiger partial charge in [0.1, 0.15) is 0 Å². The van der Waals surface area contributed by atoms with Crippen molar-refractivity contribution in [2.24, 2.45) is 0 Å². The Morgan fingerprint density at radius 1 is 1.25 bits per heavy atom. The number of nitrogens with zero attached hydrogens (tertiary/aromatic N) is 2. The maximum atomic E-state index is 12.7. The Balaban J connectivity index is 1.77. The number of aromatic nitrogens is 1. The summed E-state index contributed by atoms with van der Waals surface area (Å²) in [6, 6.07) is 10.0. The summed E-state index contributed by atoms with van der Waals surface area (Å²) in [4.78, 5) is 15.3. The first-order valence-electron chi connectivity index (χ1n) is 7.66. The summed E-state index contributed by atoms with van der Waals surface area (Å²) >= 11 is 0. The average Bonchev–Trinajstić information content (AvgIpc) is 3.06. The molecule has 7 heteroatoms. The summed E-state index contributed by atoms with van der Waals surface area (Å²) in [5.74, 6) is -1.28. The van der Waals surface area contributed by atoms with Crippen LogP contribution in [0.15, 0.2) is 48.8 Å². The van der Waals surface area contributed by atoms with E-state index >= 15 is 0 Å². The number of rotatable bonds is 5. The second kappa shape index (κ2) is 6.70. The van der Waals surface area contributed by atoms with Gasteiger partial charge in [0, 0.05) is 31.4 Å². The summed E-state index contributed by atoms with van der Waals surface area (Å²) < 4.78 is 26.8. The highest BCUT2D eigenvalue weighted by Gasteiger charge is 2.32. The van der Waals surface area contributed by atoms with Crippen LogP contribution in [0.1, 0.15) is 33.8 Å². The van der Waals surface area contributed by atoms with Crippen molar-refractivity contribution in [1.82, 2.24) is 9.29 Å². The van der Waals surface area contributed by atoms with Gasteiger partial charge < -0.3 is 5.11 Å².